The largest absolute Gasteiger partial charge is 0.362 e. The first-order valence-corrected chi connectivity index (χ1v) is 9.93. The number of rotatable bonds is 6. The highest BCUT2D eigenvalue weighted by Gasteiger charge is 2.25. The molecule has 1 aromatic heterocycles. The molecule has 3 N–H and O–H groups in total. The standard InChI is InChI=1S/C17H14ClN5O5S/c1-10-4-2-3-5-13(10)22-29(27,28)12-8-6-11(7-9-12)19-17(24)15-14(18)16(21-20-15)23(25)26/h2-9,22H,1H3,(H,19,24)(H,20,21). The molecule has 0 unspecified atom stereocenters. The van der Waals surface area contributed by atoms with E-state index in [2.05, 4.69) is 20.2 Å². The smallest absolute Gasteiger partial charge is 0.358 e. The van der Waals surface area contributed by atoms with Gasteiger partial charge in [-0.3, -0.25) is 9.52 Å². The second kappa shape index (κ2) is 7.89. The van der Waals surface area contributed by atoms with Gasteiger partial charge in [0.25, 0.3) is 15.9 Å². The summed E-state index contributed by atoms with van der Waals surface area (Å²) in [5.41, 5.74) is 1.13. The summed E-state index contributed by atoms with van der Waals surface area (Å²) in [6, 6.07) is 12.3. The topological polar surface area (TPSA) is 147 Å². The van der Waals surface area contributed by atoms with Crippen LogP contribution < -0.4 is 10.0 Å². The average molecular weight is 436 g/mol. The highest BCUT2D eigenvalue weighted by Crippen LogP contribution is 2.26. The van der Waals surface area contributed by atoms with E-state index in [0.717, 1.165) is 5.56 Å². The van der Waals surface area contributed by atoms with Crippen LogP contribution in [0.5, 0.6) is 0 Å². The van der Waals surface area contributed by atoms with E-state index in [9.17, 15) is 23.3 Å². The van der Waals surface area contributed by atoms with Gasteiger partial charge in [-0.25, -0.2) is 8.42 Å². The second-order valence-corrected chi connectivity index (χ2v) is 7.95. The zero-order valence-electron chi connectivity index (χ0n) is 14.8. The van der Waals surface area contributed by atoms with Gasteiger partial charge in [0.1, 0.15) is 0 Å². The minimum Gasteiger partial charge on any atom is -0.358 e. The molecule has 150 valence electrons. The number of aromatic amines is 1. The number of H-pyrrole nitrogens is 1. The van der Waals surface area contributed by atoms with Crippen LogP contribution in [0.25, 0.3) is 0 Å². The van der Waals surface area contributed by atoms with E-state index in [1.165, 1.54) is 24.3 Å². The lowest BCUT2D eigenvalue weighted by Crippen LogP contribution is -2.15. The average Bonchev–Trinajstić information content (AvgIpc) is 3.06. The number of sulfonamides is 1. The molecule has 0 atom stereocenters. The minimum absolute atomic E-state index is 0.00723. The lowest BCUT2D eigenvalue weighted by atomic mass is 10.2. The van der Waals surface area contributed by atoms with E-state index in [4.69, 9.17) is 11.6 Å². The SMILES string of the molecule is Cc1ccccc1NS(=O)(=O)c1ccc(NC(=O)c2n[nH]c([N+](=O)[O-])c2Cl)cc1. The molecule has 0 spiro atoms. The maximum atomic E-state index is 12.5. The molecule has 0 saturated heterocycles. The first kappa shape index (κ1) is 20.3. The Morgan fingerprint density at radius 2 is 1.83 bits per heavy atom. The number of carbonyl (C=O) groups is 1. The Hall–Kier alpha value is -3.44. The summed E-state index contributed by atoms with van der Waals surface area (Å²) in [7, 11) is -3.82. The highest BCUT2D eigenvalue weighted by atomic mass is 35.5. The van der Waals surface area contributed by atoms with Crippen molar-refractivity contribution in [2.45, 2.75) is 11.8 Å². The van der Waals surface area contributed by atoms with Crippen LogP contribution in [-0.2, 0) is 10.0 Å². The molecule has 0 aliphatic carbocycles. The molecule has 1 amide bonds. The molecule has 29 heavy (non-hydrogen) atoms. The van der Waals surface area contributed by atoms with Crippen molar-refractivity contribution >= 4 is 44.7 Å². The quantitative estimate of drug-likeness (QED) is 0.399. The molecule has 12 heteroatoms. The van der Waals surface area contributed by atoms with Crippen molar-refractivity contribution in [2.24, 2.45) is 0 Å². The Labute approximate surface area is 170 Å². The fourth-order valence-electron chi connectivity index (χ4n) is 2.39. The predicted molar refractivity (Wildman–Crippen MR) is 107 cm³/mol. The van der Waals surface area contributed by atoms with E-state index in [0.29, 0.717) is 5.69 Å². The molecule has 3 aromatic rings. The number of para-hydroxylation sites is 1. The molecule has 0 radical (unpaired) electrons. The molecule has 0 aliphatic rings. The van der Waals surface area contributed by atoms with Gasteiger partial charge < -0.3 is 15.4 Å². The molecule has 2 aromatic carbocycles. The zero-order chi connectivity index (χ0) is 21.2. The fraction of sp³-hybridized carbons (Fsp3) is 0.0588. The van der Waals surface area contributed by atoms with Crippen molar-refractivity contribution in [2.75, 3.05) is 10.0 Å². The van der Waals surface area contributed by atoms with Crippen molar-refractivity contribution in [3.05, 3.63) is 74.9 Å². The van der Waals surface area contributed by atoms with E-state index < -0.39 is 31.7 Å². The second-order valence-electron chi connectivity index (χ2n) is 5.89. The van der Waals surface area contributed by atoms with Gasteiger partial charge in [0.05, 0.1) is 10.6 Å². The van der Waals surface area contributed by atoms with Crippen LogP contribution in [0.1, 0.15) is 16.1 Å². The van der Waals surface area contributed by atoms with Gasteiger partial charge >= 0.3 is 5.82 Å². The Morgan fingerprint density at radius 3 is 2.41 bits per heavy atom. The molecule has 0 aliphatic heterocycles. The zero-order valence-corrected chi connectivity index (χ0v) is 16.4. The summed E-state index contributed by atoms with van der Waals surface area (Å²) in [6.45, 7) is 1.78. The number of nitrogens with zero attached hydrogens (tertiary/aromatic N) is 2. The Kier molecular flexibility index (Phi) is 5.52. The van der Waals surface area contributed by atoms with Crippen LogP contribution in [0.2, 0.25) is 5.02 Å². The minimum atomic E-state index is -3.82. The Morgan fingerprint density at radius 1 is 1.17 bits per heavy atom. The monoisotopic (exact) mass is 435 g/mol. The van der Waals surface area contributed by atoms with Crippen LogP contribution in [0.15, 0.2) is 53.4 Å². The van der Waals surface area contributed by atoms with Crippen molar-refractivity contribution < 1.29 is 18.1 Å². The van der Waals surface area contributed by atoms with Gasteiger partial charge in [0.2, 0.25) is 0 Å². The molecule has 0 fully saturated rings. The molecule has 3 rings (SSSR count). The first-order valence-electron chi connectivity index (χ1n) is 8.07. The van der Waals surface area contributed by atoms with Crippen molar-refractivity contribution in [3.63, 3.8) is 0 Å². The van der Waals surface area contributed by atoms with Crippen LogP contribution in [0.4, 0.5) is 17.2 Å². The summed E-state index contributed by atoms with van der Waals surface area (Å²) >= 11 is 5.77. The van der Waals surface area contributed by atoms with Gasteiger partial charge in [0.15, 0.2) is 10.7 Å². The normalized spacial score (nSPS) is 11.1. The number of carbonyl (C=O) groups excluding carboxylic acids is 1. The number of hydrogen-bond donors (Lipinski definition) is 3. The number of nitrogens with one attached hydrogen (secondary N) is 3. The number of nitro groups is 1. The third kappa shape index (κ3) is 4.36. The Bertz CT molecular complexity index is 1190. The summed E-state index contributed by atoms with van der Waals surface area (Å²) in [5.74, 6) is -1.38. The van der Waals surface area contributed by atoms with E-state index in [-0.39, 0.29) is 16.3 Å². The summed E-state index contributed by atoms with van der Waals surface area (Å²) < 4.78 is 27.6. The molecule has 10 nitrogen and oxygen atoms in total. The van der Waals surface area contributed by atoms with Crippen molar-refractivity contribution in [1.82, 2.24) is 10.2 Å². The molecule has 0 bridgehead atoms. The molecular weight excluding hydrogens is 422 g/mol. The van der Waals surface area contributed by atoms with Crippen LogP contribution in [0, 0.1) is 17.0 Å². The molecule has 0 saturated carbocycles. The summed E-state index contributed by atoms with van der Waals surface area (Å²) in [6.07, 6.45) is 0. The van der Waals surface area contributed by atoms with Crippen LogP contribution in [-0.4, -0.2) is 29.4 Å². The number of amides is 1. The van der Waals surface area contributed by atoms with Gasteiger partial charge in [-0.15, -0.1) is 5.10 Å². The number of aryl methyl sites for hydroxylation is 1. The van der Waals surface area contributed by atoms with Gasteiger partial charge in [-0.2, -0.15) is 0 Å². The summed E-state index contributed by atoms with van der Waals surface area (Å²) in [4.78, 5) is 22.1. The number of aromatic nitrogens is 2. The summed E-state index contributed by atoms with van der Waals surface area (Å²) in [5, 5.41) is 18.4. The lowest BCUT2D eigenvalue weighted by Gasteiger charge is -2.11. The van der Waals surface area contributed by atoms with Gasteiger partial charge in [0, 0.05) is 5.69 Å². The maximum absolute atomic E-state index is 12.5. The molecule has 1 heterocycles. The highest BCUT2D eigenvalue weighted by molar-refractivity contribution is 7.92. The van der Waals surface area contributed by atoms with Gasteiger partial charge in [-0.05, 0) is 47.7 Å². The third-order valence-electron chi connectivity index (χ3n) is 3.90. The molecular formula is C17H14ClN5O5S. The number of anilines is 2. The van der Waals surface area contributed by atoms with E-state index in [1.807, 2.05) is 0 Å². The Balaban J connectivity index is 1.75. The van der Waals surface area contributed by atoms with Gasteiger partial charge in [-0.1, -0.05) is 34.9 Å². The number of halogens is 1. The fourth-order valence-corrected chi connectivity index (χ4v) is 3.76. The third-order valence-corrected chi connectivity index (χ3v) is 5.64. The van der Waals surface area contributed by atoms with Crippen LogP contribution in [0.3, 0.4) is 0 Å². The first-order chi connectivity index (χ1) is 13.7. The predicted octanol–water partition coefficient (Wildman–Crippen LogP) is 3.33. The number of benzene rings is 2. The lowest BCUT2D eigenvalue weighted by molar-refractivity contribution is -0.389. The van der Waals surface area contributed by atoms with Crippen molar-refractivity contribution in [1.29, 1.82) is 0 Å². The number of hydrogen-bond acceptors (Lipinski definition) is 6. The van der Waals surface area contributed by atoms with Crippen molar-refractivity contribution in [3.8, 4) is 0 Å². The van der Waals surface area contributed by atoms with E-state index >= 15 is 0 Å². The maximum Gasteiger partial charge on any atom is 0.362 e. The van der Waals surface area contributed by atoms with Crippen LogP contribution >= 0.6 is 11.6 Å². The van der Waals surface area contributed by atoms with E-state index in [1.54, 1.807) is 31.2 Å².